The van der Waals surface area contributed by atoms with Crippen molar-refractivity contribution in [3.63, 3.8) is 0 Å². The molecule has 102 valence electrons. The summed E-state index contributed by atoms with van der Waals surface area (Å²) in [7, 11) is 0. The van der Waals surface area contributed by atoms with Crippen molar-refractivity contribution < 1.29 is 0 Å². The first-order valence-corrected chi connectivity index (χ1v) is 6.99. The Hall–Kier alpha value is -1.68. The van der Waals surface area contributed by atoms with E-state index in [0.717, 1.165) is 30.8 Å². The molecule has 0 saturated heterocycles. The van der Waals surface area contributed by atoms with Crippen LogP contribution in [0.25, 0.3) is 5.69 Å². The highest BCUT2D eigenvalue weighted by atomic mass is 15.4. The van der Waals surface area contributed by atoms with E-state index in [1.807, 2.05) is 29.1 Å². The van der Waals surface area contributed by atoms with Crippen LogP contribution in [0.3, 0.4) is 0 Å². The van der Waals surface area contributed by atoms with Gasteiger partial charge in [0.25, 0.3) is 0 Å². The topological polar surface area (TPSA) is 42.7 Å². The molecule has 2 rings (SSSR count). The molecule has 0 amide bonds. The van der Waals surface area contributed by atoms with E-state index in [0.29, 0.717) is 6.04 Å². The third-order valence-corrected chi connectivity index (χ3v) is 3.20. The number of hydrogen-bond acceptors (Lipinski definition) is 3. The first kappa shape index (κ1) is 13.7. The van der Waals surface area contributed by atoms with Gasteiger partial charge in [-0.2, -0.15) is 0 Å². The van der Waals surface area contributed by atoms with Crippen LogP contribution in [0.2, 0.25) is 0 Å². The average Bonchev–Trinajstić information content (AvgIpc) is 2.92. The van der Waals surface area contributed by atoms with Gasteiger partial charge >= 0.3 is 0 Å². The molecule has 0 aliphatic carbocycles. The van der Waals surface area contributed by atoms with E-state index in [-0.39, 0.29) is 0 Å². The van der Waals surface area contributed by atoms with Gasteiger partial charge in [-0.05, 0) is 44.9 Å². The maximum Gasteiger partial charge on any atom is 0.0729 e. The standard InChI is InChI=1S/C15H22N4/c1-3-11-16-13(2)9-10-15-12-17-18-19(15)14-7-5-4-6-8-14/h4-8,12-13,16H,3,9-11H2,1-2H3. The van der Waals surface area contributed by atoms with Crippen LogP contribution in [-0.4, -0.2) is 27.6 Å². The van der Waals surface area contributed by atoms with Crippen molar-refractivity contribution in [3.8, 4) is 5.69 Å². The normalized spacial score (nSPS) is 12.5. The van der Waals surface area contributed by atoms with Crippen LogP contribution in [0.4, 0.5) is 0 Å². The van der Waals surface area contributed by atoms with Crippen molar-refractivity contribution in [2.24, 2.45) is 0 Å². The third-order valence-electron chi connectivity index (χ3n) is 3.20. The summed E-state index contributed by atoms with van der Waals surface area (Å²) in [6.07, 6.45) is 5.12. The summed E-state index contributed by atoms with van der Waals surface area (Å²) in [6.45, 7) is 5.50. The zero-order valence-electron chi connectivity index (χ0n) is 11.7. The first-order chi connectivity index (χ1) is 9.31. The minimum atomic E-state index is 0.527. The van der Waals surface area contributed by atoms with Crippen LogP contribution in [-0.2, 0) is 6.42 Å². The predicted molar refractivity (Wildman–Crippen MR) is 77.4 cm³/mol. The second-order valence-electron chi connectivity index (χ2n) is 4.87. The molecule has 2 aromatic rings. The Kier molecular flexibility index (Phi) is 5.10. The average molecular weight is 258 g/mol. The lowest BCUT2D eigenvalue weighted by Gasteiger charge is -2.13. The van der Waals surface area contributed by atoms with Crippen LogP contribution in [0.15, 0.2) is 36.5 Å². The van der Waals surface area contributed by atoms with Crippen molar-refractivity contribution in [2.75, 3.05) is 6.54 Å². The number of nitrogens with zero attached hydrogens (tertiary/aromatic N) is 3. The second-order valence-corrected chi connectivity index (χ2v) is 4.87. The van der Waals surface area contributed by atoms with Crippen molar-refractivity contribution in [1.82, 2.24) is 20.3 Å². The third kappa shape index (κ3) is 3.89. The van der Waals surface area contributed by atoms with Gasteiger partial charge in [-0.15, -0.1) is 5.10 Å². The number of benzene rings is 1. The molecule has 4 nitrogen and oxygen atoms in total. The Labute approximate surface area is 114 Å². The Morgan fingerprint density at radius 3 is 2.79 bits per heavy atom. The Morgan fingerprint density at radius 2 is 2.05 bits per heavy atom. The van der Waals surface area contributed by atoms with Gasteiger partial charge in [0.2, 0.25) is 0 Å². The van der Waals surface area contributed by atoms with Crippen molar-refractivity contribution >= 4 is 0 Å². The van der Waals surface area contributed by atoms with Gasteiger partial charge in [0, 0.05) is 6.04 Å². The van der Waals surface area contributed by atoms with E-state index >= 15 is 0 Å². The number of para-hydroxylation sites is 1. The molecule has 0 aliphatic heterocycles. The summed E-state index contributed by atoms with van der Waals surface area (Å²) in [5.74, 6) is 0. The molecule has 0 spiro atoms. The second kappa shape index (κ2) is 7.04. The summed E-state index contributed by atoms with van der Waals surface area (Å²) >= 11 is 0. The van der Waals surface area contributed by atoms with Gasteiger partial charge in [-0.1, -0.05) is 30.3 Å². The molecule has 0 bridgehead atoms. The number of hydrogen-bond donors (Lipinski definition) is 1. The molecule has 1 unspecified atom stereocenters. The van der Waals surface area contributed by atoms with Crippen molar-refractivity contribution in [2.45, 2.75) is 39.2 Å². The number of rotatable bonds is 7. The summed E-state index contributed by atoms with van der Waals surface area (Å²) in [6, 6.07) is 10.7. The number of aryl methyl sites for hydroxylation is 1. The smallest absolute Gasteiger partial charge is 0.0729 e. The van der Waals surface area contributed by atoms with Crippen LogP contribution < -0.4 is 5.32 Å². The highest BCUT2D eigenvalue weighted by Gasteiger charge is 2.08. The van der Waals surface area contributed by atoms with Crippen LogP contribution in [0.5, 0.6) is 0 Å². The van der Waals surface area contributed by atoms with E-state index in [9.17, 15) is 0 Å². The molecule has 1 aromatic carbocycles. The van der Waals surface area contributed by atoms with Gasteiger partial charge in [-0.25, -0.2) is 4.68 Å². The van der Waals surface area contributed by atoms with Crippen LogP contribution >= 0.6 is 0 Å². The predicted octanol–water partition coefficient (Wildman–Crippen LogP) is 2.59. The Balaban J connectivity index is 1.97. The molecule has 0 saturated carbocycles. The van der Waals surface area contributed by atoms with Gasteiger partial charge in [0.1, 0.15) is 0 Å². The monoisotopic (exact) mass is 258 g/mol. The summed E-state index contributed by atoms with van der Waals surface area (Å²) in [5, 5.41) is 11.7. The lowest BCUT2D eigenvalue weighted by molar-refractivity contribution is 0.508. The SMILES string of the molecule is CCCNC(C)CCc1cnnn1-c1ccccc1. The lowest BCUT2D eigenvalue weighted by Crippen LogP contribution is -2.27. The van der Waals surface area contributed by atoms with Crippen LogP contribution in [0.1, 0.15) is 32.4 Å². The molecule has 0 radical (unpaired) electrons. The molecule has 1 aromatic heterocycles. The van der Waals surface area contributed by atoms with E-state index in [2.05, 4.69) is 41.6 Å². The quantitative estimate of drug-likeness (QED) is 0.830. The minimum Gasteiger partial charge on any atom is -0.314 e. The Bertz CT molecular complexity index is 478. The highest BCUT2D eigenvalue weighted by Crippen LogP contribution is 2.11. The van der Waals surface area contributed by atoms with Gasteiger partial charge in [-0.3, -0.25) is 0 Å². The largest absolute Gasteiger partial charge is 0.314 e. The van der Waals surface area contributed by atoms with E-state index in [1.54, 1.807) is 0 Å². The summed E-state index contributed by atoms with van der Waals surface area (Å²) in [4.78, 5) is 0. The van der Waals surface area contributed by atoms with Gasteiger partial charge < -0.3 is 5.32 Å². The molecule has 1 atom stereocenters. The highest BCUT2D eigenvalue weighted by molar-refractivity contribution is 5.31. The minimum absolute atomic E-state index is 0.527. The van der Waals surface area contributed by atoms with E-state index < -0.39 is 0 Å². The zero-order valence-corrected chi connectivity index (χ0v) is 11.7. The van der Waals surface area contributed by atoms with E-state index in [4.69, 9.17) is 0 Å². The number of aromatic nitrogens is 3. The van der Waals surface area contributed by atoms with Gasteiger partial charge in [0.15, 0.2) is 0 Å². The molecule has 19 heavy (non-hydrogen) atoms. The molecule has 0 fully saturated rings. The van der Waals surface area contributed by atoms with E-state index in [1.165, 1.54) is 6.42 Å². The fourth-order valence-corrected chi connectivity index (χ4v) is 2.07. The first-order valence-electron chi connectivity index (χ1n) is 6.99. The molecule has 0 aliphatic rings. The maximum absolute atomic E-state index is 4.17. The molecular formula is C15H22N4. The zero-order chi connectivity index (χ0) is 13.5. The molecule has 1 N–H and O–H groups in total. The maximum atomic E-state index is 4.17. The van der Waals surface area contributed by atoms with Crippen molar-refractivity contribution in [1.29, 1.82) is 0 Å². The number of nitrogens with one attached hydrogen (secondary N) is 1. The lowest BCUT2D eigenvalue weighted by atomic mass is 10.1. The summed E-state index contributed by atoms with van der Waals surface area (Å²) < 4.78 is 1.92. The van der Waals surface area contributed by atoms with Gasteiger partial charge in [0.05, 0.1) is 17.6 Å². The van der Waals surface area contributed by atoms with Crippen LogP contribution in [0, 0.1) is 0 Å². The summed E-state index contributed by atoms with van der Waals surface area (Å²) in [5.41, 5.74) is 2.24. The Morgan fingerprint density at radius 1 is 1.26 bits per heavy atom. The molecule has 1 heterocycles. The fraction of sp³-hybridized carbons (Fsp3) is 0.467. The molecule has 4 heteroatoms. The molecular weight excluding hydrogens is 236 g/mol. The fourth-order valence-electron chi connectivity index (χ4n) is 2.07. The van der Waals surface area contributed by atoms with Crippen molar-refractivity contribution in [3.05, 3.63) is 42.2 Å².